The van der Waals surface area contributed by atoms with Gasteiger partial charge in [-0.15, -0.1) is 0 Å². The molecular weight excluding hydrogens is 174 g/mol. The van der Waals surface area contributed by atoms with Crippen molar-refractivity contribution in [3.63, 3.8) is 0 Å². The molecule has 2 rings (SSSR count). The average Bonchev–Trinajstić information content (AvgIpc) is 3.00. The van der Waals surface area contributed by atoms with Crippen molar-refractivity contribution in [2.24, 2.45) is 5.92 Å². The van der Waals surface area contributed by atoms with Crippen LogP contribution in [0.1, 0.15) is 24.8 Å². The molecule has 0 heterocycles. The standard InChI is InChI=1S/C12H15NO/c13-11-6-1-9(2-7-11)3-8-12(14)10-4-5-10/h1-2,6-7,10H,3-5,8,13H2. The van der Waals surface area contributed by atoms with Crippen LogP contribution in [0.5, 0.6) is 0 Å². The van der Waals surface area contributed by atoms with Crippen molar-refractivity contribution in [2.45, 2.75) is 25.7 Å². The summed E-state index contributed by atoms with van der Waals surface area (Å²) in [6.07, 6.45) is 3.77. The second kappa shape index (κ2) is 3.82. The van der Waals surface area contributed by atoms with Crippen LogP contribution in [0.4, 0.5) is 5.69 Å². The Kier molecular flexibility index (Phi) is 2.53. The molecule has 0 atom stereocenters. The molecule has 0 radical (unpaired) electrons. The molecule has 1 aliphatic carbocycles. The highest BCUT2D eigenvalue weighted by atomic mass is 16.1. The van der Waals surface area contributed by atoms with Crippen LogP contribution in [0, 0.1) is 5.92 Å². The fourth-order valence-electron chi connectivity index (χ4n) is 1.56. The van der Waals surface area contributed by atoms with E-state index in [1.165, 1.54) is 5.56 Å². The summed E-state index contributed by atoms with van der Waals surface area (Å²) < 4.78 is 0. The zero-order chi connectivity index (χ0) is 9.97. The first kappa shape index (κ1) is 9.25. The van der Waals surface area contributed by atoms with Gasteiger partial charge in [0.05, 0.1) is 0 Å². The Labute approximate surface area is 84.1 Å². The van der Waals surface area contributed by atoms with E-state index in [0.29, 0.717) is 18.1 Å². The molecule has 0 unspecified atom stereocenters. The van der Waals surface area contributed by atoms with Gasteiger partial charge in [0.1, 0.15) is 5.78 Å². The maximum Gasteiger partial charge on any atom is 0.136 e. The number of Topliss-reactive ketones (excluding diaryl/α,β-unsaturated/α-hetero) is 1. The van der Waals surface area contributed by atoms with E-state index in [4.69, 9.17) is 5.73 Å². The van der Waals surface area contributed by atoms with Gasteiger partial charge in [-0.25, -0.2) is 0 Å². The third kappa shape index (κ3) is 2.34. The third-order valence-electron chi connectivity index (χ3n) is 2.67. The fourth-order valence-corrected chi connectivity index (χ4v) is 1.56. The largest absolute Gasteiger partial charge is 0.399 e. The van der Waals surface area contributed by atoms with Gasteiger partial charge in [0.2, 0.25) is 0 Å². The van der Waals surface area contributed by atoms with E-state index in [9.17, 15) is 4.79 Å². The lowest BCUT2D eigenvalue weighted by atomic mass is 10.1. The first-order valence-corrected chi connectivity index (χ1v) is 5.13. The third-order valence-corrected chi connectivity index (χ3v) is 2.67. The van der Waals surface area contributed by atoms with Gasteiger partial charge >= 0.3 is 0 Å². The maximum atomic E-state index is 11.4. The highest BCUT2D eigenvalue weighted by Crippen LogP contribution is 2.31. The highest BCUT2D eigenvalue weighted by molar-refractivity contribution is 5.83. The number of benzene rings is 1. The van der Waals surface area contributed by atoms with Crippen molar-refractivity contribution in [1.29, 1.82) is 0 Å². The molecular formula is C12H15NO. The highest BCUT2D eigenvalue weighted by Gasteiger charge is 2.28. The van der Waals surface area contributed by atoms with Crippen molar-refractivity contribution in [3.8, 4) is 0 Å². The molecule has 1 aromatic carbocycles. The summed E-state index contributed by atoms with van der Waals surface area (Å²) in [5, 5.41) is 0. The summed E-state index contributed by atoms with van der Waals surface area (Å²) in [4.78, 5) is 11.4. The quantitative estimate of drug-likeness (QED) is 0.738. The van der Waals surface area contributed by atoms with E-state index in [2.05, 4.69) is 0 Å². The SMILES string of the molecule is Nc1ccc(CCC(=O)C2CC2)cc1. The topological polar surface area (TPSA) is 43.1 Å². The number of ketones is 1. The molecule has 0 saturated heterocycles. The first-order chi connectivity index (χ1) is 6.75. The fraction of sp³-hybridized carbons (Fsp3) is 0.417. The molecule has 2 N–H and O–H groups in total. The van der Waals surface area contributed by atoms with Crippen molar-refractivity contribution >= 4 is 11.5 Å². The molecule has 1 saturated carbocycles. The number of carbonyl (C=O) groups is 1. The molecule has 74 valence electrons. The average molecular weight is 189 g/mol. The Hall–Kier alpha value is -1.31. The summed E-state index contributed by atoms with van der Waals surface area (Å²) in [5.74, 6) is 0.825. The zero-order valence-corrected chi connectivity index (χ0v) is 8.20. The molecule has 1 aromatic rings. The minimum absolute atomic E-state index is 0.392. The minimum Gasteiger partial charge on any atom is -0.399 e. The lowest BCUT2D eigenvalue weighted by Crippen LogP contribution is -2.01. The summed E-state index contributed by atoms with van der Waals surface area (Å²) in [7, 11) is 0. The Balaban J connectivity index is 1.85. The van der Waals surface area contributed by atoms with E-state index >= 15 is 0 Å². The number of nitrogens with two attached hydrogens (primary N) is 1. The Morgan fingerprint density at radius 1 is 1.29 bits per heavy atom. The predicted molar refractivity (Wildman–Crippen MR) is 56.9 cm³/mol. The Morgan fingerprint density at radius 3 is 2.50 bits per heavy atom. The lowest BCUT2D eigenvalue weighted by Gasteiger charge is -2.00. The number of aryl methyl sites for hydroxylation is 1. The molecule has 0 aliphatic heterocycles. The molecule has 14 heavy (non-hydrogen) atoms. The number of hydrogen-bond donors (Lipinski definition) is 1. The summed E-state index contributed by atoms with van der Waals surface area (Å²) >= 11 is 0. The van der Waals surface area contributed by atoms with Crippen LogP contribution in [0.2, 0.25) is 0 Å². The van der Waals surface area contributed by atoms with Gasteiger partial charge in [-0.1, -0.05) is 12.1 Å². The number of nitrogen functional groups attached to an aromatic ring is 1. The molecule has 0 bridgehead atoms. The van der Waals surface area contributed by atoms with Crippen LogP contribution in [0.15, 0.2) is 24.3 Å². The smallest absolute Gasteiger partial charge is 0.136 e. The van der Waals surface area contributed by atoms with E-state index in [1.54, 1.807) is 0 Å². The van der Waals surface area contributed by atoms with Gasteiger partial charge < -0.3 is 5.73 Å². The van der Waals surface area contributed by atoms with Crippen molar-refractivity contribution in [3.05, 3.63) is 29.8 Å². The Bertz CT molecular complexity index is 325. The monoisotopic (exact) mass is 189 g/mol. The Morgan fingerprint density at radius 2 is 1.93 bits per heavy atom. The van der Waals surface area contributed by atoms with Crippen LogP contribution >= 0.6 is 0 Å². The molecule has 1 aliphatic rings. The van der Waals surface area contributed by atoms with Gasteiger partial charge in [0.15, 0.2) is 0 Å². The second-order valence-corrected chi connectivity index (χ2v) is 3.98. The van der Waals surface area contributed by atoms with Crippen molar-refractivity contribution in [1.82, 2.24) is 0 Å². The second-order valence-electron chi connectivity index (χ2n) is 3.98. The molecule has 0 amide bonds. The van der Waals surface area contributed by atoms with E-state index in [0.717, 1.165) is 24.9 Å². The number of carbonyl (C=O) groups excluding carboxylic acids is 1. The van der Waals surface area contributed by atoms with Gasteiger partial charge in [-0.2, -0.15) is 0 Å². The van der Waals surface area contributed by atoms with Crippen molar-refractivity contribution < 1.29 is 4.79 Å². The number of rotatable bonds is 4. The molecule has 0 spiro atoms. The summed E-state index contributed by atoms with van der Waals surface area (Å²) in [5.41, 5.74) is 7.56. The zero-order valence-electron chi connectivity index (χ0n) is 8.20. The van der Waals surface area contributed by atoms with Crippen molar-refractivity contribution in [2.75, 3.05) is 5.73 Å². The van der Waals surface area contributed by atoms with Gasteiger partial charge in [0.25, 0.3) is 0 Å². The van der Waals surface area contributed by atoms with Gasteiger partial charge in [-0.3, -0.25) is 4.79 Å². The summed E-state index contributed by atoms with van der Waals surface area (Å²) in [6, 6.07) is 7.76. The normalized spacial score (nSPS) is 15.4. The minimum atomic E-state index is 0.392. The van der Waals surface area contributed by atoms with E-state index in [1.807, 2.05) is 24.3 Å². The number of hydrogen-bond acceptors (Lipinski definition) is 2. The van der Waals surface area contributed by atoms with Gasteiger partial charge in [0, 0.05) is 18.0 Å². The first-order valence-electron chi connectivity index (χ1n) is 5.13. The van der Waals surface area contributed by atoms with Gasteiger partial charge in [-0.05, 0) is 37.0 Å². The lowest BCUT2D eigenvalue weighted by molar-refractivity contribution is -0.120. The molecule has 2 heteroatoms. The molecule has 0 aromatic heterocycles. The number of anilines is 1. The van der Waals surface area contributed by atoms with E-state index < -0.39 is 0 Å². The van der Waals surface area contributed by atoms with Crippen LogP contribution in [0.3, 0.4) is 0 Å². The predicted octanol–water partition coefficient (Wildman–Crippen LogP) is 2.18. The van der Waals surface area contributed by atoms with Crippen LogP contribution < -0.4 is 5.73 Å². The van der Waals surface area contributed by atoms with Crippen LogP contribution in [-0.2, 0) is 11.2 Å². The van der Waals surface area contributed by atoms with E-state index in [-0.39, 0.29) is 0 Å². The molecule has 2 nitrogen and oxygen atoms in total. The van der Waals surface area contributed by atoms with Crippen LogP contribution in [-0.4, -0.2) is 5.78 Å². The van der Waals surface area contributed by atoms with Crippen LogP contribution in [0.25, 0.3) is 0 Å². The summed E-state index contributed by atoms with van der Waals surface area (Å²) in [6.45, 7) is 0. The maximum absolute atomic E-state index is 11.4. The molecule has 1 fully saturated rings.